The van der Waals surface area contributed by atoms with Crippen LogP contribution in [0.5, 0.6) is 0 Å². The van der Waals surface area contributed by atoms with Crippen molar-refractivity contribution >= 4 is 11.3 Å². The number of thiazole rings is 1. The molecule has 0 saturated carbocycles. The smallest absolute Gasteiger partial charge is 0.129 e. The molecular weight excluding hydrogens is 184 g/mol. The Bertz CT molecular complexity index is 306. The van der Waals surface area contributed by atoms with E-state index in [1.165, 1.54) is 0 Å². The van der Waals surface area contributed by atoms with Gasteiger partial charge < -0.3 is 10.3 Å². The van der Waals surface area contributed by atoms with Crippen molar-refractivity contribution in [3.63, 3.8) is 0 Å². The lowest BCUT2D eigenvalue weighted by Crippen LogP contribution is -2.19. The summed E-state index contributed by atoms with van der Waals surface area (Å²) in [6.45, 7) is 0. The first-order valence-corrected chi connectivity index (χ1v) is 4.90. The molecule has 68 valence electrons. The summed E-state index contributed by atoms with van der Waals surface area (Å²) in [7, 11) is 1.90. The Labute approximate surface area is 80.1 Å². The van der Waals surface area contributed by atoms with Crippen molar-refractivity contribution in [1.82, 2.24) is 20.3 Å². The molecule has 1 unspecified atom stereocenters. The quantitative estimate of drug-likeness (QED) is 0.771. The molecule has 0 aromatic carbocycles. The van der Waals surface area contributed by atoms with Crippen molar-refractivity contribution in [3.8, 4) is 0 Å². The van der Waals surface area contributed by atoms with E-state index in [9.17, 15) is 0 Å². The van der Waals surface area contributed by atoms with Crippen LogP contribution in [0.2, 0.25) is 0 Å². The molecule has 2 N–H and O–H groups in total. The van der Waals surface area contributed by atoms with E-state index in [4.69, 9.17) is 0 Å². The second-order valence-corrected chi connectivity index (χ2v) is 3.33. The maximum atomic E-state index is 4.24. The average Bonchev–Trinajstić information content (AvgIpc) is 2.76. The second kappa shape index (κ2) is 3.68. The molecule has 0 spiro atoms. The molecule has 0 aliphatic carbocycles. The first-order chi connectivity index (χ1) is 6.42. The zero-order chi connectivity index (χ0) is 9.10. The van der Waals surface area contributed by atoms with Gasteiger partial charge in [0.1, 0.15) is 11.9 Å². The first-order valence-electron chi connectivity index (χ1n) is 3.96. The highest BCUT2D eigenvalue weighted by Crippen LogP contribution is 2.17. The highest BCUT2D eigenvalue weighted by molar-refractivity contribution is 7.07. The van der Waals surface area contributed by atoms with Gasteiger partial charge in [-0.3, -0.25) is 0 Å². The Kier molecular flexibility index (Phi) is 2.37. The lowest BCUT2D eigenvalue weighted by Gasteiger charge is -2.09. The van der Waals surface area contributed by atoms with Gasteiger partial charge in [0.15, 0.2) is 0 Å². The van der Waals surface area contributed by atoms with E-state index in [1.807, 2.05) is 24.1 Å². The maximum absolute atomic E-state index is 4.24. The van der Waals surface area contributed by atoms with Gasteiger partial charge in [-0.1, -0.05) is 0 Å². The summed E-state index contributed by atoms with van der Waals surface area (Å²) < 4.78 is 0. The lowest BCUT2D eigenvalue weighted by molar-refractivity contribution is 0.641. The van der Waals surface area contributed by atoms with Gasteiger partial charge in [-0.2, -0.15) is 0 Å². The molecule has 5 heteroatoms. The minimum atomic E-state index is 0.0706. The molecule has 2 aromatic heterocycles. The number of H-pyrrole nitrogens is 1. The van der Waals surface area contributed by atoms with Gasteiger partial charge in [-0.15, -0.1) is 11.3 Å². The number of aromatic nitrogens is 3. The van der Waals surface area contributed by atoms with Crippen LogP contribution in [0.4, 0.5) is 0 Å². The average molecular weight is 194 g/mol. The van der Waals surface area contributed by atoms with Crippen LogP contribution in [0.1, 0.15) is 17.6 Å². The van der Waals surface area contributed by atoms with Gasteiger partial charge >= 0.3 is 0 Å². The number of rotatable bonds is 3. The summed E-state index contributed by atoms with van der Waals surface area (Å²) in [5.41, 5.74) is 2.82. The summed E-state index contributed by atoms with van der Waals surface area (Å²) in [5.74, 6) is 0.897. The summed E-state index contributed by atoms with van der Waals surface area (Å²) >= 11 is 1.59. The maximum Gasteiger partial charge on any atom is 0.129 e. The fourth-order valence-electron chi connectivity index (χ4n) is 1.22. The van der Waals surface area contributed by atoms with E-state index in [2.05, 4.69) is 20.3 Å². The predicted molar refractivity (Wildman–Crippen MR) is 51.6 cm³/mol. The number of hydrogen-bond acceptors (Lipinski definition) is 4. The molecule has 2 heterocycles. The number of hydrogen-bond donors (Lipinski definition) is 2. The van der Waals surface area contributed by atoms with Crippen molar-refractivity contribution in [3.05, 3.63) is 34.8 Å². The molecule has 1 atom stereocenters. The fraction of sp³-hybridized carbons (Fsp3) is 0.250. The van der Waals surface area contributed by atoms with Crippen molar-refractivity contribution < 1.29 is 0 Å². The zero-order valence-electron chi connectivity index (χ0n) is 7.19. The lowest BCUT2D eigenvalue weighted by atomic mass is 10.2. The van der Waals surface area contributed by atoms with Crippen molar-refractivity contribution in [2.45, 2.75) is 6.04 Å². The normalized spacial score (nSPS) is 13.0. The molecule has 4 nitrogen and oxygen atoms in total. The van der Waals surface area contributed by atoms with Crippen LogP contribution in [0.3, 0.4) is 0 Å². The minimum absolute atomic E-state index is 0.0706. The molecule has 0 aliphatic heterocycles. The third-order valence-electron chi connectivity index (χ3n) is 1.83. The number of imidazole rings is 1. The van der Waals surface area contributed by atoms with Crippen LogP contribution < -0.4 is 5.32 Å². The number of nitrogens with zero attached hydrogens (tertiary/aromatic N) is 2. The predicted octanol–water partition coefficient (Wildman–Crippen LogP) is 1.17. The highest BCUT2D eigenvalue weighted by Gasteiger charge is 2.15. The van der Waals surface area contributed by atoms with Crippen molar-refractivity contribution in [1.29, 1.82) is 0 Å². The van der Waals surface area contributed by atoms with E-state index in [1.54, 1.807) is 17.5 Å². The number of aromatic amines is 1. The zero-order valence-corrected chi connectivity index (χ0v) is 8.01. The largest absolute Gasteiger partial charge is 0.347 e. The second-order valence-electron chi connectivity index (χ2n) is 2.61. The van der Waals surface area contributed by atoms with Crippen molar-refractivity contribution in [2.75, 3.05) is 7.05 Å². The SMILES string of the molecule is CNC(c1cscn1)c1ncc[nH]1. The topological polar surface area (TPSA) is 53.6 Å². The summed E-state index contributed by atoms with van der Waals surface area (Å²) in [6, 6.07) is 0.0706. The van der Waals surface area contributed by atoms with Gasteiger partial charge in [0.2, 0.25) is 0 Å². The van der Waals surface area contributed by atoms with Gasteiger partial charge in [-0.05, 0) is 7.05 Å². The Balaban J connectivity index is 2.29. The van der Waals surface area contributed by atoms with Crippen LogP contribution in [-0.2, 0) is 0 Å². The van der Waals surface area contributed by atoms with E-state index >= 15 is 0 Å². The third kappa shape index (κ3) is 1.61. The Hall–Kier alpha value is -1.20. The molecule has 13 heavy (non-hydrogen) atoms. The summed E-state index contributed by atoms with van der Waals surface area (Å²) in [4.78, 5) is 11.5. The van der Waals surface area contributed by atoms with Crippen LogP contribution in [0.15, 0.2) is 23.3 Å². The van der Waals surface area contributed by atoms with Crippen molar-refractivity contribution in [2.24, 2.45) is 0 Å². The molecule has 2 rings (SSSR count). The molecule has 0 radical (unpaired) electrons. The monoisotopic (exact) mass is 194 g/mol. The Morgan fingerprint density at radius 1 is 1.54 bits per heavy atom. The molecule has 0 saturated heterocycles. The molecule has 0 bridgehead atoms. The highest BCUT2D eigenvalue weighted by atomic mass is 32.1. The van der Waals surface area contributed by atoms with E-state index in [-0.39, 0.29) is 6.04 Å². The third-order valence-corrected chi connectivity index (χ3v) is 2.43. The van der Waals surface area contributed by atoms with Crippen LogP contribution in [0.25, 0.3) is 0 Å². The van der Waals surface area contributed by atoms with E-state index in [0.717, 1.165) is 11.5 Å². The van der Waals surface area contributed by atoms with E-state index in [0.29, 0.717) is 0 Å². The Morgan fingerprint density at radius 2 is 2.46 bits per heavy atom. The molecule has 2 aromatic rings. The molecule has 0 fully saturated rings. The van der Waals surface area contributed by atoms with Gasteiger partial charge in [0.25, 0.3) is 0 Å². The number of nitrogens with one attached hydrogen (secondary N) is 2. The van der Waals surface area contributed by atoms with Crippen LogP contribution in [-0.4, -0.2) is 22.0 Å². The van der Waals surface area contributed by atoms with Gasteiger partial charge in [0, 0.05) is 17.8 Å². The standard InChI is InChI=1S/C8H10N4S/c1-9-7(6-4-13-5-12-6)8-10-2-3-11-8/h2-5,7,9H,1H3,(H,10,11). The molecular formula is C8H10N4S. The van der Waals surface area contributed by atoms with E-state index < -0.39 is 0 Å². The first kappa shape index (κ1) is 8.40. The molecule has 0 aliphatic rings. The van der Waals surface area contributed by atoms with Gasteiger partial charge in [0.05, 0.1) is 11.2 Å². The summed E-state index contributed by atoms with van der Waals surface area (Å²) in [6.07, 6.45) is 3.55. The Morgan fingerprint density at radius 3 is 3.00 bits per heavy atom. The van der Waals surface area contributed by atoms with Gasteiger partial charge in [-0.25, -0.2) is 9.97 Å². The minimum Gasteiger partial charge on any atom is -0.347 e. The fourth-order valence-corrected chi connectivity index (χ4v) is 1.80. The van der Waals surface area contributed by atoms with Crippen LogP contribution in [0, 0.1) is 0 Å². The van der Waals surface area contributed by atoms with Crippen LogP contribution >= 0.6 is 11.3 Å². The summed E-state index contributed by atoms with van der Waals surface area (Å²) in [5, 5.41) is 5.17. The molecule has 0 amide bonds.